The maximum atomic E-state index is 13.0. The van der Waals surface area contributed by atoms with Crippen LogP contribution in [0.5, 0.6) is 0 Å². The summed E-state index contributed by atoms with van der Waals surface area (Å²) >= 11 is 7.08. The fraction of sp³-hybridized carbons (Fsp3) is 0.182. The minimum atomic E-state index is -4.63. The van der Waals surface area contributed by atoms with Crippen molar-refractivity contribution in [3.8, 4) is 0 Å². The normalized spacial score (nSPS) is 16.4. The highest BCUT2D eigenvalue weighted by atomic mass is 35.5. The van der Waals surface area contributed by atoms with Gasteiger partial charge in [-0.3, -0.25) is 9.59 Å². The van der Waals surface area contributed by atoms with Gasteiger partial charge in [0.2, 0.25) is 5.91 Å². The van der Waals surface area contributed by atoms with Gasteiger partial charge in [0, 0.05) is 11.3 Å². The molecule has 10 heteroatoms. The van der Waals surface area contributed by atoms with Gasteiger partial charge in [0.05, 0.1) is 29.1 Å². The molecule has 2 heterocycles. The van der Waals surface area contributed by atoms with Crippen LogP contribution in [-0.2, 0) is 17.5 Å². The highest BCUT2D eigenvalue weighted by Gasteiger charge is 2.34. The van der Waals surface area contributed by atoms with Gasteiger partial charge < -0.3 is 14.6 Å². The van der Waals surface area contributed by atoms with Crippen LogP contribution in [0.15, 0.2) is 65.3 Å². The zero-order chi connectivity index (χ0) is 22.9. The van der Waals surface area contributed by atoms with E-state index in [1.165, 1.54) is 17.8 Å². The van der Waals surface area contributed by atoms with E-state index in [0.717, 1.165) is 17.7 Å². The van der Waals surface area contributed by atoms with Crippen molar-refractivity contribution in [2.24, 2.45) is 0 Å². The average molecular weight is 481 g/mol. The quantitative estimate of drug-likeness (QED) is 0.488. The summed E-state index contributed by atoms with van der Waals surface area (Å²) in [5.41, 5.74) is 0.0585. The molecule has 1 aliphatic rings. The van der Waals surface area contributed by atoms with E-state index in [-0.39, 0.29) is 22.5 Å². The Hall–Kier alpha value is -2.91. The number of rotatable bonds is 5. The summed E-state index contributed by atoms with van der Waals surface area (Å²) in [5.74, 6) is 0.435. The fourth-order valence-corrected chi connectivity index (χ4v) is 4.71. The lowest BCUT2D eigenvalue weighted by Crippen LogP contribution is -2.27. The molecule has 4 rings (SSSR count). The Morgan fingerprint density at radius 1 is 1.19 bits per heavy atom. The maximum absolute atomic E-state index is 13.0. The molecule has 5 nitrogen and oxygen atoms in total. The van der Waals surface area contributed by atoms with E-state index in [2.05, 4.69) is 5.32 Å². The molecule has 3 aromatic rings. The Labute approximate surface area is 190 Å². The number of benzene rings is 2. The molecule has 0 unspecified atom stereocenters. The first-order chi connectivity index (χ1) is 15.2. The van der Waals surface area contributed by atoms with Crippen molar-refractivity contribution < 1.29 is 27.2 Å². The lowest BCUT2D eigenvalue weighted by molar-refractivity contribution is -0.137. The van der Waals surface area contributed by atoms with Gasteiger partial charge >= 0.3 is 6.18 Å². The second-order valence-corrected chi connectivity index (χ2v) is 8.51. The summed E-state index contributed by atoms with van der Waals surface area (Å²) in [7, 11) is 0. The van der Waals surface area contributed by atoms with Gasteiger partial charge in [0.15, 0.2) is 0 Å². The molecule has 0 saturated carbocycles. The van der Waals surface area contributed by atoms with E-state index in [4.69, 9.17) is 16.0 Å². The molecule has 0 bridgehead atoms. The Morgan fingerprint density at radius 3 is 2.59 bits per heavy atom. The summed E-state index contributed by atoms with van der Waals surface area (Å²) < 4.78 is 44.4. The highest BCUT2D eigenvalue weighted by Crippen LogP contribution is 2.40. The number of halogens is 4. The highest BCUT2D eigenvalue weighted by molar-refractivity contribution is 8.00. The fourth-order valence-electron chi connectivity index (χ4n) is 3.29. The molecule has 1 atom stereocenters. The number of nitrogens with zero attached hydrogens (tertiary/aromatic N) is 1. The van der Waals surface area contributed by atoms with Crippen molar-refractivity contribution in [2.75, 3.05) is 11.1 Å². The Kier molecular flexibility index (Phi) is 6.21. The molecule has 2 amide bonds. The summed E-state index contributed by atoms with van der Waals surface area (Å²) in [6.07, 6.45) is -3.08. The summed E-state index contributed by atoms with van der Waals surface area (Å²) in [5, 5.41) is 1.78. The second-order valence-electron chi connectivity index (χ2n) is 7.03. The molecule has 2 aromatic carbocycles. The lowest BCUT2D eigenvalue weighted by Gasteiger charge is -2.23. The van der Waals surface area contributed by atoms with Crippen LogP contribution in [0.1, 0.15) is 32.6 Å². The Morgan fingerprint density at radius 2 is 1.94 bits per heavy atom. The van der Waals surface area contributed by atoms with Gasteiger partial charge in [-0.25, -0.2) is 0 Å². The molecule has 32 heavy (non-hydrogen) atoms. The SMILES string of the molecule is O=C(Nc1ccc(Cl)c(C(F)(F)F)c1)c1ccc([C@H]2SCC(=O)N2Cc2ccco2)cc1. The number of carbonyl (C=O) groups is 2. The number of anilines is 1. The Bertz CT molecular complexity index is 1130. The first-order valence-corrected chi connectivity index (χ1v) is 10.9. The van der Waals surface area contributed by atoms with Crippen molar-refractivity contribution in [1.29, 1.82) is 0 Å². The van der Waals surface area contributed by atoms with E-state index in [1.54, 1.807) is 47.6 Å². The third-order valence-corrected chi connectivity index (χ3v) is 6.45. The van der Waals surface area contributed by atoms with E-state index in [1.807, 2.05) is 0 Å². The number of nitrogens with one attached hydrogen (secondary N) is 1. The molecule has 1 N–H and O–H groups in total. The van der Waals surface area contributed by atoms with Crippen LogP contribution >= 0.6 is 23.4 Å². The zero-order valence-corrected chi connectivity index (χ0v) is 17.9. The standard InChI is InChI=1S/C22H16ClF3N2O3S/c23-18-8-7-15(10-17(18)22(24,25)26)27-20(30)13-3-5-14(6-4-13)21-28(19(29)12-32-21)11-16-2-1-9-31-16/h1-10,21H,11-12H2,(H,27,30)/t21-/m1/s1. The number of hydrogen-bond donors (Lipinski definition) is 1. The molecule has 1 aromatic heterocycles. The molecule has 1 fully saturated rings. The Balaban J connectivity index is 1.48. The number of hydrogen-bond acceptors (Lipinski definition) is 4. The summed E-state index contributed by atoms with van der Waals surface area (Å²) in [6, 6.07) is 13.3. The molecule has 0 radical (unpaired) electrons. The predicted molar refractivity (Wildman–Crippen MR) is 115 cm³/mol. The third-order valence-electron chi connectivity index (χ3n) is 4.86. The molecule has 0 aliphatic carbocycles. The monoisotopic (exact) mass is 480 g/mol. The third kappa shape index (κ3) is 4.78. The van der Waals surface area contributed by atoms with Crippen LogP contribution in [-0.4, -0.2) is 22.5 Å². The zero-order valence-electron chi connectivity index (χ0n) is 16.4. The molecule has 1 saturated heterocycles. The van der Waals surface area contributed by atoms with Crippen LogP contribution in [0.2, 0.25) is 5.02 Å². The minimum Gasteiger partial charge on any atom is -0.467 e. The van der Waals surface area contributed by atoms with Gasteiger partial charge in [-0.15, -0.1) is 11.8 Å². The maximum Gasteiger partial charge on any atom is 0.417 e. The summed E-state index contributed by atoms with van der Waals surface area (Å²) in [6.45, 7) is 0.337. The van der Waals surface area contributed by atoms with E-state index < -0.39 is 22.7 Å². The number of furan rings is 1. The van der Waals surface area contributed by atoms with Gasteiger partial charge in [0.25, 0.3) is 5.91 Å². The average Bonchev–Trinajstić information content (AvgIpc) is 3.39. The summed E-state index contributed by atoms with van der Waals surface area (Å²) in [4.78, 5) is 26.5. The van der Waals surface area contributed by atoms with Crippen LogP contribution in [0.3, 0.4) is 0 Å². The minimum absolute atomic E-state index is 0.0126. The van der Waals surface area contributed by atoms with Crippen LogP contribution in [0.25, 0.3) is 0 Å². The molecule has 0 spiro atoms. The first kappa shape index (κ1) is 22.3. The van der Waals surface area contributed by atoms with E-state index in [0.29, 0.717) is 18.1 Å². The molecular formula is C22H16ClF3N2O3S. The number of alkyl halides is 3. The van der Waals surface area contributed by atoms with Gasteiger partial charge in [0.1, 0.15) is 11.1 Å². The number of carbonyl (C=O) groups excluding carboxylic acids is 2. The molecule has 1 aliphatic heterocycles. The van der Waals surface area contributed by atoms with Crippen LogP contribution < -0.4 is 5.32 Å². The largest absolute Gasteiger partial charge is 0.467 e. The second kappa shape index (κ2) is 8.91. The van der Waals surface area contributed by atoms with Crippen molar-refractivity contribution in [2.45, 2.75) is 18.1 Å². The first-order valence-electron chi connectivity index (χ1n) is 9.44. The predicted octanol–water partition coefficient (Wildman–Crippen LogP) is 5.98. The van der Waals surface area contributed by atoms with Crippen LogP contribution in [0, 0.1) is 0 Å². The van der Waals surface area contributed by atoms with Crippen LogP contribution in [0.4, 0.5) is 18.9 Å². The van der Waals surface area contributed by atoms with Crippen molar-refractivity contribution in [3.05, 3.63) is 88.3 Å². The molecular weight excluding hydrogens is 465 g/mol. The van der Waals surface area contributed by atoms with E-state index in [9.17, 15) is 22.8 Å². The smallest absolute Gasteiger partial charge is 0.417 e. The van der Waals surface area contributed by atoms with Crippen molar-refractivity contribution in [3.63, 3.8) is 0 Å². The van der Waals surface area contributed by atoms with E-state index >= 15 is 0 Å². The van der Waals surface area contributed by atoms with Gasteiger partial charge in [-0.1, -0.05) is 23.7 Å². The van der Waals surface area contributed by atoms with Gasteiger partial charge in [-0.2, -0.15) is 13.2 Å². The lowest BCUT2D eigenvalue weighted by atomic mass is 10.1. The topological polar surface area (TPSA) is 62.6 Å². The van der Waals surface area contributed by atoms with Crippen molar-refractivity contribution >= 4 is 40.9 Å². The van der Waals surface area contributed by atoms with Crippen molar-refractivity contribution in [1.82, 2.24) is 4.90 Å². The number of amides is 2. The molecule has 166 valence electrons. The van der Waals surface area contributed by atoms with Gasteiger partial charge in [-0.05, 0) is 48.0 Å². The number of thioether (sulfide) groups is 1.